The molecular formula is C30H26N4O5S. The molecule has 0 bridgehead atoms. The van der Waals surface area contributed by atoms with E-state index in [-0.39, 0.29) is 29.6 Å². The number of nitro groups is 1. The third-order valence-electron chi connectivity index (χ3n) is 7.65. The molecule has 2 fully saturated rings. The van der Waals surface area contributed by atoms with Gasteiger partial charge in [-0.2, -0.15) is 0 Å². The van der Waals surface area contributed by atoms with Crippen molar-refractivity contribution >= 4 is 50.6 Å². The normalized spacial score (nSPS) is 17.6. The highest BCUT2D eigenvalue weighted by atomic mass is 32.1. The summed E-state index contributed by atoms with van der Waals surface area (Å²) in [6, 6.07) is 17.6. The second-order valence-corrected chi connectivity index (χ2v) is 11.3. The van der Waals surface area contributed by atoms with Crippen LogP contribution in [0.15, 0.2) is 66.7 Å². The number of thiazole rings is 1. The van der Waals surface area contributed by atoms with Crippen molar-refractivity contribution in [2.45, 2.75) is 51.1 Å². The molecule has 3 amide bonds. The van der Waals surface area contributed by atoms with E-state index in [0.29, 0.717) is 5.69 Å². The predicted molar refractivity (Wildman–Crippen MR) is 152 cm³/mol. The summed E-state index contributed by atoms with van der Waals surface area (Å²) >= 11 is 1.59. The molecule has 40 heavy (non-hydrogen) atoms. The molecule has 0 N–H and O–H groups in total. The van der Waals surface area contributed by atoms with Gasteiger partial charge in [-0.3, -0.25) is 24.5 Å². The molecule has 1 aromatic heterocycles. The number of non-ortho nitro benzene ring substituents is 1. The Labute approximate surface area is 234 Å². The Bertz CT molecular complexity index is 1640. The molecule has 3 aromatic carbocycles. The van der Waals surface area contributed by atoms with Crippen LogP contribution in [0.5, 0.6) is 0 Å². The molecule has 202 valence electrons. The molecule has 2 aliphatic rings. The number of nitrogens with zero attached hydrogens (tertiary/aromatic N) is 4. The maximum Gasteiger partial charge on any atom is 0.269 e. The van der Waals surface area contributed by atoms with Crippen LogP contribution < -0.4 is 4.90 Å². The van der Waals surface area contributed by atoms with E-state index >= 15 is 0 Å². The molecule has 1 unspecified atom stereocenters. The molecule has 6 rings (SSSR count). The minimum atomic E-state index is -0.925. The number of aryl methyl sites for hydroxylation is 1. The lowest BCUT2D eigenvalue weighted by Gasteiger charge is -2.33. The standard InChI is InChI=1S/C30H26N4O5S/c1-18-6-15-24-26(16-18)40-28(31-24)19-7-11-22(12-8-19)33-27(35)17-25(30(33)37)32(21-4-2-3-5-21)29(36)20-9-13-23(14-10-20)34(38)39/h6-16,21,25H,2-5,17H2,1H3. The van der Waals surface area contributed by atoms with E-state index in [1.54, 1.807) is 28.4 Å². The van der Waals surface area contributed by atoms with E-state index in [1.807, 2.05) is 31.2 Å². The van der Waals surface area contributed by atoms with E-state index in [2.05, 4.69) is 6.07 Å². The number of nitro benzene ring substituents is 1. The number of carbonyl (C=O) groups is 3. The lowest BCUT2D eigenvalue weighted by Crippen LogP contribution is -2.50. The SMILES string of the molecule is Cc1ccc2nc(-c3ccc(N4C(=O)CC(N(C(=O)c5ccc([N+](=O)[O-])cc5)C5CCCC5)C4=O)cc3)sc2c1. The maximum absolute atomic E-state index is 13.7. The van der Waals surface area contributed by atoms with Gasteiger partial charge in [-0.15, -0.1) is 11.3 Å². The van der Waals surface area contributed by atoms with Gasteiger partial charge in [0.1, 0.15) is 11.0 Å². The second kappa shape index (κ2) is 10.3. The molecule has 2 heterocycles. The predicted octanol–water partition coefficient (Wildman–Crippen LogP) is 5.90. The smallest absolute Gasteiger partial charge is 0.269 e. The van der Waals surface area contributed by atoms with E-state index in [0.717, 1.165) is 52.0 Å². The van der Waals surface area contributed by atoms with E-state index < -0.39 is 22.8 Å². The molecule has 1 aliphatic heterocycles. The summed E-state index contributed by atoms with van der Waals surface area (Å²) in [6.07, 6.45) is 3.24. The van der Waals surface area contributed by atoms with E-state index in [9.17, 15) is 24.5 Å². The summed E-state index contributed by atoms with van der Waals surface area (Å²) in [5, 5.41) is 11.9. The quantitative estimate of drug-likeness (QED) is 0.167. The Kier molecular flexibility index (Phi) is 6.63. The third-order valence-corrected chi connectivity index (χ3v) is 8.72. The lowest BCUT2D eigenvalue weighted by molar-refractivity contribution is -0.384. The fraction of sp³-hybridized carbons (Fsp3) is 0.267. The molecule has 0 radical (unpaired) electrons. The number of imide groups is 1. The Morgan fingerprint density at radius 3 is 2.40 bits per heavy atom. The van der Waals surface area contributed by atoms with E-state index in [1.165, 1.54) is 29.2 Å². The molecule has 0 spiro atoms. The Morgan fingerprint density at radius 1 is 1.02 bits per heavy atom. The van der Waals surface area contributed by atoms with Crippen LogP contribution in [-0.4, -0.2) is 44.6 Å². The molecule has 1 aliphatic carbocycles. The van der Waals surface area contributed by atoms with Gasteiger partial charge >= 0.3 is 0 Å². The van der Waals surface area contributed by atoms with Gasteiger partial charge in [0, 0.05) is 29.3 Å². The largest absolute Gasteiger partial charge is 0.323 e. The zero-order chi connectivity index (χ0) is 28.0. The number of anilines is 1. The number of carbonyl (C=O) groups excluding carboxylic acids is 3. The minimum absolute atomic E-state index is 0.104. The van der Waals surface area contributed by atoms with Gasteiger partial charge in [0.05, 0.1) is 27.2 Å². The topological polar surface area (TPSA) is 114 Å². The summed E-state index contributed by atoms with van der Waals surface area (Å²) in [4.78, 5) is 58.5. The van der Waals surface area contributed by atoms with Gasteiger partial charge in [-0.05, 0) is 73.9 Å². The van der Waals surface area contributed by atoms with Crippen LogP contribution in [0.3, 0.4) is 0 Å². The monoisotopic (exact) mass is 554 g/mol. The first-order chi connectivity index (χ1) is 19.3. The van der Waals surface area contributed by atoms with Gasteiger partial charge in [-0.25, -0.2) is 9.88 Å². The number of hydrogen-bond donors (Lipinski definition) is 0. The average Bonchev–Trinajstić information content (AvgIpc) is 3.69. The Balaban J connectivity index is 1.26. The van der Waals surface area contributed by atoms with Crippen molar-refractivity contribution in [3.05, 3.63) is 88.0 Å². The molecule has 1 atom stereocenters. The first-order valence-corrected chi connectivity index (χ1v) is 14.0. The summed E-state index contributed by atoms with van der Waals surface area (Å²) < 4.78 is 1.09. The van der Waals surface area contributed by atoms with Gasteiger partial charge in [0.25, 0.3) is 17.5 Å². The summed E-state index contributed by atoms with van der Waals surface area (Å²) in [5.74, 6) is -1.19. The number of hydrogen-bond acceptors (Lipinski definition) is 7. The van der Waals surface area contributed by atoms with Gasteiger partial charge in [-0.1, -0.05) is 18.9 Å². The maximum atomic E-state index is 13.7. The number of amides is 3. The van der Waals surface area contributed by atoms with Crippen LogP contribution in [0.4, 0.5) is 11.4 Å². The lowest BCUT2D eigenvalue weighted by atomic mass is 10.1. The number of aromatic nitrogens is 1. The number of rotatable bonds is 6. The summed E-state index contributed by atoms with van der Waals surface area (Å²) in [5.41, 5.74) is 3.56. The van der Waals surface area contributed by atoms with Crippen molar-refractivity contribution < 1.29 is 19.3 Å². The van der Waals surface area contributed by atoms with Crippen LogP contribution in [0.2, 0.25) is 0 Å². The fourth-order valence-corrected chi connectivity index (χ4v) is 6.70. The van der Waals surface area contributed by atoms with Gasteiger partial charge in [0.2, 0.25) is 5.91 Å². The summed E-state index contributed by atoms with van der Waals surface area (Å²) in [6.45, 7) is 2.04. The van der Waals surface area contributed by atoms with Crippen LogP contribution in [0.25, 0.3) is 20.8 Å². The highest BCUT2D eigenvalue weighted by Crippen LogP contribution is 2.35. The molecule has 4 aromatic rings. The van der Waals surface area contributed by atoms with E-state index in [4.69, 9.17) is 4.98 Å². The van der Waals surface area contributed by atoms with Gasteiger partial charge in [0.15, 0.2) is 0 Å². The van der Waals surface area contributed by atoms with Crippen molar-refractivity contribution in [2.24, 2.45) is 0 Å². The number of benzene rings is 3. The van der Waals surface area contributed by atoms with Crippen molar-refractivity contribution in [2.75, 3.05) is 4.90 Å². The van der Waals surface area contributed by atoms with Crippen LogP contribution in [0, 0.1) is 17.0 Å². The minimum Gasteiger partial charge on any atom is -0.323 e. The molecule has 1 saturated heterocycles. The highest BCUT2D eigenvalue weighted by molar-refractivity contribution is 7.21. The Hall–Kier alpha value is -4.44. The number of fused-ring (bicyclic) bond motifs is 1. The zero-order valence-corrected chi connectivity index (χ0v) is 22.6. The molecule has 1 saturated carbocycles. The van der Waals surface area contributed by atoms with Crippen LogP contribution >= 0.6 is 11.3 Å². The Morgan fingerprint density at radius 2 is 1.73 bits per heavy atom. The first-order valence-electron chi connectivity index (χ1n) is 13.2. The summed E-state index contributed by atoms with van der Waals surface area (Å²) in [7, 11) is 0. The molecule has 9 nitrogen and oxygen atoms in total. The first kappa shape index (κ1) is 25.8. The fourth-order valence-electron chi connectivity index (χ4n) is 5.63. The highest BCUT2D eigenvalue weighted by Gasteiger charge is 2.47. The van der Waals surface area contributed by atoms with Crippen molar-refractivity contribution in [3.63, 3.8) is 0 Å². The van der Waals surface area contributed by atoms with Crippen molar-refractivity contribution in [1.29, 1.82) is 0 Å². The molecular weight excluding hydrogens is 528 g/mol. The average molecular weight is 555 g/mol. The van der Waals surface area contributed by atoms with Crippen LogP contribution in [0.1, 0.15) is 48.0 Å². The van der Waals surface area contributed by atoms with Gasteiger partial charge < -0.3 is 4.90 Å². The van der Waals surface area contributed by atoms with Crippen LogP contribution in [-0.2, 0) is 9.59 Å². The third kappa shape index (κ3) is 4.64. The van der Waals surface area contributed by atoms with Crippen molar-refractivity contribution in [1.82, 2.24) is 9.88 Å². The second-order valence-electron chi connectivity index (χ2n) is 10.3. The zero-order valence-electron chi connectivity index (χ0n) is 21.8. The van der Waals surface area contributed by atoms with Crippen molar-refractivity contribution in [3.8, 4) is 10.6 Å². The molecule has 10 heteroatoms.